The first-order valence-electron chi connectivity index (χ1n) is 10.3. The van der Waals surface area contributed by atoms with Crippen molar-refractivity contribution in [1.82, 2.24) is 9.62 Å². The van der Waals surface area contributed by atoms with Gasteiger partial charge in [-0.15, -0.1) is 0 Å². The standard InChI is InChI=1S/C22H28FN3O5S/c1-30-19-8-9-20(21(16-19)31-2)22(27)24-10-3-15-32(28,29)26-13-11-25(12-14-26)18-6-4-17(23)5-7-18/h4-9,16H,3,10-15H2,1-2H3,(H,24,27). The van der Waals surface area contributed by atoms with Crippen molar-refractivity contribution in [2.45, 2.75) is 6.42 Å². The quantitative estimate of drug-likeness (QED) is 0.571. The lowest BCUT2D eigenvalue weighted by molar-refractivity contribution is 0.0950. The second-order valence-corrected chi connectivity index (χ2v) is 9.44. The number of hydrogen-bond donors (Lipinski definition) is 1. The molecule has 0 aromatic heterocycles. The average Bonchev–Trinajstić information content (AvgIpc) is 2.81. The number of halogens is 1. The zero-order chi connectivity index (χ0) is 23.1. The van der Waals surface area contributed by atoms with Gasteiger partial charge in [-0.25, -0.2) is 12.8 Å². The Morgan fingerprint density at radius 3 is 2.34 bits per heavy atom. The van der Waals surface area contributed by atoms with Gasteiger partial charge in [0.05, 0.1) is 25.5 Å². The molecule has 0 unspecified atom stereocenters. The minimum atomic E-state index is -3.43. The molecule has 1 amide bonds. The Hall–Kier alpha value is -2.85. The molecule has 2 aromatic rings. The van der Waals surface area contributed by atoms with E-state index in [-0.39, 0.29) is 24.0 Å². The van der Waals surface area contributed by atoms with E-state index < -0.39 is 10.0 Å². The maximum atomic E-state index is 13.1. The normalized spacial score (nSPS) is 14.8. The monoisotopic (exact) mass is 465 g/mol. The summed E-state index contributed by atoms with van der Waals surface area (Å²) in [5.41, 5.74) is 1.23. The van der Waals surface area contributed by atoms with E-state index in [4.69, 9.17) is 9.47 Å². The average molecular weight is 466 g/mol. The van der Waals surface area contributed by atoms with E-state index in [1.165, 1.54) is 30.7 Å². The summed E-state index contributed by atoms with van der Waals surface area (Å²) in [6.07, 6.45) is 0.296. The second-order valence-electron chi connectivity index (χ2n) is 7.35. The number of methoxy groups -OCH3 is 2. The van der Waals surface area contributed by atoms with Gasteiger partial charge >= 0.3 is 0 Å². The van der Waals surface area contributed by atoms with Crippen LogP contribution in [0.3, 0.4) is 0 Å². The van der Waals surface area contributed by atoms with Crippen molar-refractivity contribution >= 4 is 21.6 Å². The Morgan fingerprint density at radius 2 is 1.72 bits per heavy atom. The maximum Gasteiger partial charge on any atom is 0.255 e. The highest BCUT2D eigenvalue weighted by Crippen LogP contribution is 2.24. The summed E-state index contributed by atoms with van der Waals surface area (Å²) in [6, 6.07) is 11.1. The van der Waals surface area contributed by atoms with E-state index in [2.05, 4.69) is 5.32 Å². The third kappa shape index (κ3) is 5.89. The van der Waals surface area contributed by atoms with Crippen LogP contribution in [0.2, 0.25) is 0 Å². The van der Waals surface area contributed by atoms with Crippen molar-refractivity contribution in [2.24, 2.45) is 0 Å². The first-order chi connectivity index (χ1) is 15.3. The second kappa shape index (κ2) is 10.6. The van der Waals surface area contributed by atoms with Crippen LogP contribution in [0.25, 0.3) is 0 Å². The van der Waals surface area contributed by atoms with Gasteiger partial charge in [0.2, 0.25) is 10.0 Å². The van der Waals surface area contributed by atoms with Crippen LogP contribution in [-0.4, -0.2) is 71.3 Å². The Bertz CT molecular complexity index is 1020. The van der Waals surface area contributed by atoms with E-state index in [0.717, 1.165) is 5.69 Å². The van der Waals surface area contributed by atoms with Crippen molar-refractivity contribution in [3.05, 3.63) is 53.8 Å². The summed E-state index contributed by atoms with van der Waals surface area (Å²) in [5, 5.41) is 2.74. The molecule has 1 fully saturated rings. The summed E-state index contributed by atoms with van der Waals surface area (Å²) in [7, 11) is -0.434. The van der Waals surface area contributed by atoms with Crippen molar-refractivity contribution in [1.29, 1.82) is 0 Å². The van der Waals surface area contributed by atoms with Crippen LogP contribution >= 0.6 is 0 Å². The lowest BCUT2D eigenvalue weighted by Gasteiger charge is -2.35. The van der Waals surface area contributed by atoms with Gasteiger partial charge in [-0.3, -0.25) is 4.79 Å². The molecule has 3 rings (SSSR count). The molecule has 10 heteroatoms. The molecule has 1 saturated heterocycles. The van der Waals surface area contributed by atoms with E-state index in [1.807, 2.05) is 4.90 Å². The first-order valence-corrected chi connectivity index (χ1v) is 11.9. The summed E-state index contributed by atoms with van der Waals surface area (Å²) in [6.45, 7) is 2.05. The molecule has 0 spiro atoms. The van der Waals surface area contributed by atoms with Crippen LogP contribution in [0, 0.1) is 5.82 Å². The highest BCUT2D eigenvalue weighted by molar-refractivity contribution is 7.89. The SMILES string of the molecule is COc1ccc(C(=O)NCCCS(=O)(=O)N2CCN(c3ccc(F)cc3)CC2)c(OC)c1. The van der Waals surface area contributed by atoms with Crippen LogP contribution in [0.1, 0.15) is 16.8 Å². The van der Waals surface area contributed by atoms with Crippen LogP contribution < -0.4 is 19.7 Å². The number of anilines is 1. The van der Waals surface area contributed by atoms with E-state index in [1.54, 1.807) is 30.3 Å². The number of amides is 1. The molecule has 1 heterocycles. The molecule has 1 N–H and O–H groups in total. The lowest BCUT2D eigenvalue weighted by Crippen LogP contribution is -2.49. The minimum Gasteiger partial charge on any atom is -0.497 e. The number of hydrogen-bond acceptors (Lipinski definition) is 6. The Morgan fingerprint density at radius 1 is 1.03 bits per heavy atom. The zero-order valence-corrected chi connectivity index (χ0v) is 19.0. The minimum absolute atomic E-state index is 0.0520. The fourth-order valence-corrected chi connectivity index (χ4v) is 5.03. The van der Waals surface area contributed by atoms with Gasteiger partial charge in [0.1, 0.15) is 17.3 Å². The number of nitrogens with one attached hydrogen (secondary N) is 1. The summed E-state index contributed by atoms with van der Waals surface area (Å²) in [5.74, 6) is 0.267. The molecule has 1 aliphatic heterocycles. The topological polar surface area (TPSA) is 88.2 Å². The molecule has 8 nitrogen and oxygen atoms in total. The van der Waals surface area contributed by atoms with Gasteiger partial charge in [-0.1, -0.05) is 0 Å². The maximum absolute atomic E-state index is 13.1. The van der Waals surface area contributed by atoms with Gasteiger partial charge in [-0.2, -0.15) is 4.31 Å². The van der Waals surface area contributed by atoms with E-state index >= 15 is 0 Å². The highest BCUT2D eigenvalue weighted by Gasteiger charge is 2.26. The fraction of sp³-hybridized carbons (Fsp3) is 0.409. The van der Waals surface area contributed by atoms with Crippen LogP contribution in [-0.2, 0) is 10.0 Å². The largest absolute Gasteiger partial charge is 0.497 e. The molecule has 0 atom stereocenters. The lowest BCUT2D eigenvalue weighted by atomic mass is 10.1. The molecule has 32 heavy (non-hydrogen) atoms. The number of carbonyl (C=O) groups excluding carboxylic acids is 1. The van der Waals surface area contributed by atoms with Crippen molar-refractivity contribution in [2.75, 3.05) is 57.6 Å². The molecule has 1 aliphatic rings. The smallest absolute Gasteiger partial charge is 0.255 e. The van der Waals surface area contributed by atoms with Crippen molar-refractivity contribution in [3.8, 4) is 11.5 Å². The van der Waals surface area contributed by atoms with Crippen LogP contribution in [0.4, 0.5) is 10.1 Å². The Balaban J connectivity index is 1.46. The molecule has 2 aromatic carbocycles. The third-order valence-electron chi connectivity index (χ3n) is 5.34. The molecular weight excluding hydrogens is 437 g/mol. The van der Waals surface area contributed by atoms with Gasteiger partial charge in [0.25, 0.3) is 5.91 Å². The highest BCUT2D eigenvalue weighted by atomic mass is 32.2. The van der Waals surface area contributed by atoms with Gasteiger partial charge in [0.15, 0.2) is 0 Å². The van der Waals surface area contributed by atoms with E-state index in [0.29, 0.717) is 49.7 Å². The zero-order valence-electron chi connectivity index (χ0n) is 18.2. The van der Waals surface area contributed by atoms with E-state index in [9.17, 15) is 17.6 Å². The number of piperazine rings is 1. The van der Waals surface area contributed by atoms with Gasteiger partial charge in [-0.05, 0) is 42.8 Å². The van der Waals surface area contributed by atoms with Gasteiger partial charge < -0.3 is 19.7 Å². The third-order valence-corrected chi connectivity index (χ3v) is 7.30. The molecular formula is C22H28FN3O5S. The van der Waals surface area contributed by atoms with Crippen LogP contribution in [0.15, 0.2) is 42.5 Å². The van der Waals surface area contributed by atoms with Crippen LogP contribution in [0.5, 0.6) is 11.5 Å². The molecule has 0 saturated carbocycles. The number of carbonyl (C=O) groups is 1. The van der Waals surface area contributed by atoms with Crippen molar-refractivity contribution < 1.29 is 27.1 Å². The summed E-state index contributed by atoms with van der Waals surface area (Å²) >= 11 is 0. The number of sulfonamides is 1. The summed E-state index contributed by atoms with van der Waals surface area (Å²) in [4.78, 5) is 14.5. The predicted molar refractivity (Wildman–Crippen MR) is 120 cm³/mol. The molecule has 174 valence electrons. The molecule has 0 aliphatic carbocycles. The molecule has 0 radical (unpaired) electrons. The number of ether oxygens (including phenoxy) is 2. The number of nitrogens with zero attached hydrogens (tertiary/aromatic N) is 2. The Kier molecular flexibility index (Phi) is 7.92. The molecule has 0 bridgehead atoms. The Labute approximate surface area is 188 Å². The number of benzene rings is 2. The first kappa shape index (κ1) is 23.8. The predicted octanol–water partition coefficient (Wildman–Crippen LogP) is 2.11. The fourth-order valence-electron chi connectivity index (χ4n) is 3.54. The van der Waals surface area contributed by atoms with Gasteiger partial charge in [0, 0.05) is 44.5 Å². The number of rotatable bonds is 9. The van der Waals surface area contributed by atoms with Crippen molar-refractivity contribution in [3.63, 3.8) is 0 Å². The summed E-state index contributed by atoms with van der Waals surface area (Å²) < 4.78 is 50.3.